The van der Waals surface area contributed by atoms with Crippen molar-refractivity contribution in [3.63, 3.8) is 0 Å². The molecular formula is C37H41ClN10O4S. The molecule has 5 heterocycles. The number of anilines is 2. The smallest absolute Gasteiger partial charge is 0.286 e. The second-order valence-corrected chi connectivity index (χ2v) is 17.7. The second kappa shape index (κ2) is 13.1. The van der Waals surface area contributed by atoms with E-state index in [1.165, 1.54) is 15.6 Å². The Morgan fingerprint density at radius 2 is 2.06 bits per heavy atom. The lowest BCUT2D eigenvalue weighted by molar-refractivity contribution is 0.0456. The monoisotopic (exact) mass is 756 g/mol. The summed E-state index contributed by atoms with van der Waals surface area (Å²) in [4.78, 5) is 21.1. The molecule has 3 aromatic heterocycles. The first-order valence-electron chi connectivity index (χ1n) is 18.2. The number of ether oxygens (including phenoxy) is 1. The first kappa shape index (κ1) is 34.2. The lowest BCUT2D eigenvalue weighted by atomic mass is 9.68. The van der Waals surface area contributed by atoms with Crippen LogP contribution in [-0.4, -0.2) is 81.6 Å². The third kappa shape index (κ3) is 6.21. The SMILES string of the molecule is C[C@H]1C/C=C/[C@H](O)[C@@H]2CC[C@H]2CN2C[C@@]3(CCCc4cc(Cl)ccc43)COc3ccc(cc32)C(=O)N=[S@](=O)(Nc2nc3nnnn3c3nn(C)cc23)C1. The molecule has 276 valence electrons. The third-order valence-corrected chi connectivity index (χ3v) is 13.7. The Morgan fingerprint density at radius 1 is 1.17 bits per heavy atom. The summed E-state index contributed by atoms with van der Waals surface area (Å²) in [6, 6.07) is 11.6. The van der Waals surface area contributed by atoms with Crippen LogP contribution < -0.4 is 14.4 Å². The van der Waals surface area contributed by atoms with Crippen LogP contribution in [0.25, 0.3) is 16.8 Å². The molecule has 2 aliphatic heterocycles. The number of tetrazole rings is 1. The molecule has 1 saturated carbocycles. The van der Waals surface area contributed by atoms with Crippen molar-refractivity contribution in [3.05, 3.63) is 76.5 Å². The quantitative estimate of drug-likeness (QED) is 0.230. The first-order valence-corrected chi connectivity index (χ1v) is 20.3. The summed E-state index contributed by atoms with van der Waals surface area (Å²) < 4.78 is 32.1. The van der Waals surface area contributed by atoms with Crippen molar-refractivity contribution in [1.29, 1.82) is 0 Å². The maximum absolute atomic E-state index is 15.0. The number of allylic oxidation sites excluding steroid dienone is 1. The highest BCUT2D eigenvalue weighted by molar-refractivity contribution is 7.95. The van der Waals surface area contributed by atoms with Crippen molar-refractivity contribution >= 4 is 55.7 Å². The highest BCUT2D eigenvalue weighted by Gasteiger charge is 2.44. The summed E-state index contributed by atoms with van der Waals surface area (Å²) in [7, 11) is -1.72. The lowest BCUT2D eigenvalue weighted by Gasteiger charge is -2.45. The molecule has 6 atom stereocenters. The Hall–Kier alpha value is -4.60. The molecule has 0 unspecified atom stereocenters. The minimum absolute atomic E-state index is 0.0386. The van der Waals surface area contributed by atoms with Crippen molar-refractivity contribution < 1.29 is 18.8 Å². The standard InChI is InChI=1S/C37H41ClN10O4S/c1-22-5-3-7-31(49)27-11-8-25(27)17-47-20-37(14-4-6-23-15-26(38)10-12-29(23)37)21-52-32-13-9-24(16-30(32)47)35(50)43-53(51,19-22)42-33-28-18-46(2)41-34(28)48-36(39-33)40-44-45-48/h3,7,9-10,12-13,15-16,18,22,25,27,31,49H,4-6,8,11,14,17,19-21H2,1-2H3,(H,39,40,42,43,45,50,51)/b7-3+/t22-,25-,27+,31-,37-,53+/m0/s1. The fourth-order valence-electron chi connectivity index (χ4n) is 8.71. The Labute approximate surface area is 311 Å². The number of hydrogen-bond acceptors (Lipinski definition) is 10. The molecule has 0 saturated heterocycles. The van der Waals surface area contributed by atoms with Gasteiger partial charge in [0.25, 0.3) is 11.7 Å². The summed E-state index contributed by atoms with van der Waals surface area (Å²) in [5.74, 6) is 0.687. The van der Waals surface area contributed by atoms with Gasteiger partial charge in [-0.25, -0.2) is 4.21 Å². The van der Waals surface area contributed by atoms with E-state index in [4.69, 9.17) is 16.3 Å². The number of aromatic nitrogens is 7. The summed E-state index contributed by atoms with van der Waals surface area (Å²) in [6.07, 6.45) is 10.4. The number of halogens is 1. The predicted molar refractivity (Wildman–Crippen MR) is 202 cm³/mol. The van der Waals surface area contributed by atoms with E-state index in [1.54, 1.807) is 24.0 Å². The van der Waals surface area contributed by atoms with E-state index in [-0.39, 0.29) is 40.5 Å². The van der Waals surface area contributed by atoms with Crippen LogP contribution in [-0.2, 0) is 28.8 Å². The van der Waals surface area contributed by atoms with E-state index >= 15 is 0 Å². The molecule has 53 heavy (non-hydrogen) atoms. The van der Waals surface area contributed by atoms with Gasteiger partial charge >= 0.3 is 0 Å². The average Bonchev–Trinajstić information content (AvgIpc) is 3.70. The Balaban J connectivity index is 1.14. The number of amides is 1. The van der Waals surface area contributed by atoms with Gasteiger partial charge in [-0.15, -0.1) is 4.36 Å². The molecule has 14 nitrogen and oxygen atoms in total. The molecule has 2 aliphatic carbocycles. The van der Waals surface area contributed by atoms with Crippen LogP contribution in [0.1, 0.15) is 60.5 Å². The number of nitrogens with one attached hydrogen (secondary N) is 1. The van der Waals surface area contributed by atoms with Gasteiger partial charge in [-0.3, -0.25) is 14.2 Å². The van der Waals surface area contributed by atoms with E-state index in [0.717, 1.165) is 42.8 Å². The van der Waals surface area contributed by atoms with E-state index in [1.807, 2.05) is 37.3 Å². The van der Waals surface area contributed by atoms with Crippen LogP contribution in [0.4, 0.5) is 11.5 Å². The number of aliphatic hydroxyl groups excluding tert-OH is 1. The number of rotatable bonds is 2. The van der Waals surface area contributed by atoms with Gasteiger partial charge in [0.1, 0.15) is 15.7 Å². The normalized spacial score (nSPS) is 29.4. The number of benzene rings is 2. The zero-order chi connectivity index (χ0) is 36.5. The fourth-order valence-corrected chi connectivity index (χ4v) is 10.9. The zero-order valence-electron chi connectivity index (χ0n) is 29.6. The number of carbonyl (C=O) groups is 1. The van der Waals surface area contributed by atoms with Crippen LogP contribution >= 0.6 is 11.6 Å². The molecule has 2 bridgehead atoms. The maximum atomic E-state index is 15.0. The van der Waals surface area contributed by atoms with E-state index in [2.05, 4.69) is 51.7 Å². The van der Waals surface area contributed by atoms with Crippen molar-refractivity contribution in [2.24, 2.45) is 29.2 Å². The molecule has 16 heteroatoms. The molecule has 2 N–H and O–H groups in total. The fraction of sp³-hybridized carbons (Fsp3) is 0.459. The molecule has 2 aromatic carbocycles. The number of carbonyl (C=O) groups excluding carboxylic acids is 1. The first-order chi connectivity index (χ1) is 25.6. The highest BCUT2D eigenvalue weighted by Crippen LogP contribution is 2.47. The van der Waals surface area contributed by atoms with Crippen molar-refractivity contribution in [1.82, 2.24) is 34.8 Å². The van der Waals surface area contributed by atoms with Crippen molar-refractivity contribution in [2.75, 3.05) is 35.1 Å². The van der Waals surface area contributed by atoms with Gasteiger partial charge in [-0.05, 0) is 108 Å². The minimum Gasteiger partial charge on any atom is -0.490 e. The van der Waals surface area contributed by atoms with Crippen LogP contribution in [0, 0.1) is 17.8 Å². The van der Waals surface area contributed by atoms with Crippen molar-refractivity contribution in [2.45, 2.75) is 57.0 Å². The van der Waals surface area contributed by atoms with Gasteiger partial charge < -0.3 is 14.7 Å². The molecule has 4 aliphatic rings. The Kier molecular flexibility index (Phi) is 8.42. The largest absolute Gasteiger partial charge is 0.490 e. The lowest BCUT2D eigenvalue weighted by Crippen LogP contribution is -2.49. The van der Waals surface area contributed by atoms with Crippen LogP contribution in [0.2, 0.25) is 5.02 Å². The van der Waals surface area contributed by atoms with Gasteiger partial charge in [-0.1, -0.05) is 41.8 Å². The van der Waals surface area contributed by atoms with Crippen molar-refractivity contribution in [3.8, 4) is 5.75 Å². The second-order valence-electron chi connectivity index (χ2n) is 15.2. The summed E-state index contributed by atoms with van der Waals surface area (Å²) in [5, 5.41) is 28.8. The van der Waals surface area contributed by atoms with E-state index in [9.17, 15) is 14.1 Å². The summed E-state index contributed by atoms with van der Waals surface area (Å²) in [6.45, 7) is 3.82. The minimum atomic E-state index is -3.48. The number of aryl methyl sites for hydroxylation is 2. The van der Waals surface area contributed by atoms with Gasteiger partial charge in [0.15, 0.2) is 11.5 Å². The molecule has 1 spiro atoms. The van der Waals surface area contributed by atoms with Crippen LogP contribution in [0.5, 0.6) is 5.75 Å². The maximum Gasteiger partial charge on any atom is 0.286 e. The molecular weight excluding hydrogens is 716 g/mol. The topological polar surface area (TPSA) is 165 Å². The summed E-state index contributed by atoms with van der Waals surface area (Å²) in [5.41, 5.74) is 3.73. The van der Waals surface area contributed by atoms with Gasteiger partial charge in [0.2, 0.25) is 0 Å². The molecule has 9 rings (SSSR count). The molecule has 0 radical (unpaired) electrons. The number of hydrogen-bond donors (Lipinski definition) is 2. The average molecular weight is 757 g/mol. The van der Waals surface area contributed by atoms with Crippen LogP contribution in [0.3, 0.4) is 0 Å². The highest BCUT2D eigenvalue weighted by atomic mass is 35.5. The Bertz CT molecular complexity index is 2420. The third-order valence-electron chi connectivity index (χ3n) is 11.5. The summed E-state index contributed by atoms with van der Waals surface area (Å²) >= 11 is 6.46. The van der Waals surface area contributed by atoms with Gasteiger partial charge in [0, 0.05) is 42.3 Å². The molecule has 1 fully saturated rings. The zero-order valence-corrected chi connectivity index (χ0v) is 31.1. The molecule has 1 amide bonds. The molecule has 5 aromatic rings. The number of aliphatic hydroxyl groups is 1. The van der Waals surface area contributed by atoms with E-state index < -0.39 is 21.9 Å². The Morgan fingerprint density at radius 3 is 2.91 bits per heavy atom. The number of nitrogens with zero attached hydrogens (tertiary/aromatic N) is 9. The van der Waals surface area contributed by atoms with E-state index in [0.29, 0.717) is 48.5 Å². The predicted octanol–water partition coefficient (Wildman–Crippen LogP) is 5.15. The number of fused-ring (bicyclic) bond motifs is 7. The van der Waals surface area contributed by atoms with Gasteiger partial charge in [0.05, 0.1) is 29.5 Å². The van der Waals surface area contributed by atoms with Crippen LogP contribution in [0.15, 0.2) is 59.1 Å². The van der Waals surface area contributed by atoms with Gasteiger partial charge in [-0.2, -0.15) is 14.6 Å².